The van der Waals surface area contributed by atoms with Gasteiger partial charge in [-0.05, 0) is 83.4 Å². The summed E-state index contributed by atoms with van der Waals surface area (Å²) in [5, 5.41) is 5.94. The van der Waals surface area contributed by atoms with Gasteiger partial charge in [-0.2, -0.15) is 0 Å². The highest BCUT2D eigenvalue weighted by Gasteiger charge is 2.56. The lowest BCUT2D eigenvalue weighted by Crippen LogP contribution is -2.24. The van der Waals surface area contributed by atoms with E-state index in [-0.39, 0.29) is 35.2 Å². The largest absolute Gasteiger partial charge is 0.322 e. The van der Waals surface area contributed by atoms with Crippen LogP contribution in [0.5, 0.6) is 0 Å². The Balaban J connectivity index is 1.30. The molecule has 2 heterocycles. The Labute approximate surface area is 184 Å². The van der Waals surface area contributed by atoms with E-state index in [4.69, 9.17) is 0 Å². The molecule has 2 atom stereocenters. The molecule has 0 bridgehead atoms. The normalized spacial score (nSPS) is 22.6. The van der Waals surface area contributed by atoms with Gasteiger partial charge in [-0.15, -0.1) is 0 Å². The second-order valence-corrected chi connectivity index (χ2v) is 9.83. The number of carbonyl (C=O) groups is 2. The molecule has 6 nitrogen and oxygen atoms in total. The molecule has 4 rings (SSSR count). The maximum Gasteiger partial charge on any atom is 0.322 e. The van der Waals surface area contributed by atoms with E-state index in [1.165, 1.54) is 0 Å². The Morgan fingerprint density at radius 1 is 0.710 bits per heavy atom. The fourth-order valence-corrected chi connectivity index (χ4v) is 4.26. The lowest BCUT2D eigenvalue weighted by Gasteiger charge is -2.11. The summed E-state index contributed by atoms with van der Waals surface area (Å²) in [6.07, 6.45) is 0.787. The van der Waals surface area contributed by atoms with Gasteiger partial charge in [0.05, 0.1) is 23.2 Å². The first-order valence-corrected chi connectivity index (χ1v) is 10.9. The van der Waals surface area contributed by atoms with Gasteiger partial charge in [0.15, 0.2) is 0 Å². The van der Waals surface area contributed by atoms with E-state index in [9.17, 15) is 9.59 Å². The van der Waals surface area contributed by atoms with Crippen LogP contribution in [-0.4, -0.2) is 45.0 Å². The first-order chi connectivity index (χ1) is 14.5. The smallest absolute Gasteiger partial charge is 0.312 e. The molecule has 31 heavy (non-hydrogen) atoms. The van der Waals surface area contributed by atoms with Crippen LogP contribution in [0.3, 0.4) is 0 Å². The molecular weight excluding hydrogens is 388 g/mol. The standard InChI is InChI=1S/C25H32N4O2/c1-16-24(3,4)28(16)22(30)26-20-11-7-18(8-12-20)15-19-9-13-21(14-10-19)27-23(31)29-17(2)25(29,5)6/h7-14,16-17H,15H2,1-6H3,(H,26,30)(H,27,31)/t16-,17-,28?,29?/m0/s1. The highest BCUT2D eigenvalue weighted by Crippen LogP contribution is 2.41. The third-order valence-electron chi connectivity index (χ3n) is 7.18. The second-order valence-electron chi connectivity index (χ2n) is 9.83. The molecule has 2 N–H and O–H groups in total. The van der Waals surface area contributed by atoms with E-state index >= 15 is 0 Å². The number of benzene rings is 2. The van der Waals surface area contributed by atoms with Gasteiger partial charge >= 0.3 is 12.1 Å². The van der Waals surface area contributed by atoms with E-state index in [2.05, 4.69) is 52.2 Å². The Morgan fingerprint density at radius 3 is 1.26 bits per heavy atom. The van der Waals surface area contributed by atoms with Crippen molar-refractivity contribution in [2.75, 3.05) is 10.6 Å². The number of carbonyl (C=O) groups excluding carboxylic acids is 2. The third kappa shape index (κ3) is 3.99. The summed E-state index contributed by atoms with van der Waals surface area (Å²) < 4.78 is 0. The summed E-state index contributed by atoms with van der Waals surface area (Å²) in [7, 11) is 0. The minimum Gasteiger partial charge on any atom is -0.312 e. The van der Waals surface area contributed by atoms with Crippen molar-refractivity contribution in [3.05, 3.63) is 59.7 Å². The first-order valence-electron chi connectivity index (χ1n) is 10.9. The van der Waals surface area contributed by atoms with Crippen LogP contribution in [0.25, 0.3) is 0 Å². The van der Waals surface area contributed by atoms with Gasteiger partial charge < -0.3 is 20.4 Å². The van der Waals surface area contributed by atoms with Crippen LogP contribution < -0.4 is 10.6 Å². The molecule has 0 spiro atoms. The van der Waals surface area contributed by atoms with Crippen LogP contribution >= 0.6 is 0 Å². The number of nitrogens with zero attached hydrogens (tertiary/aromatic N) is 2. The van der Waals surface area contributed by atoms with Crippen molar-refractivity contribution < 1.29 is 9.59 Å². The Morgan fingerprint density at radius 2 is 1.00 bits per heavy atom. The topological polar surface area (TPSA) is 64.2 Å². The molecule has 2 aromatic rings. The van der Waals surface area contributed by atoms with Gasteiger partial charge in [0, 0.05) is 11.4 Å². The van der Waals surface area contributed by atoms with Crippen LogP contribution in [0.4, 0.5) is 21.0 Å². The Bertz CT molecular complexity index is 914. The van der Waals surface area contributed by atoms with Crippen molar-refractivity contribution >= 4 is 23.4 Å². The number of hydrogen-bond donors (Lipinski definition) is 2. The number of nitrogens with one attached hydrogen (secondary N) is 2. The fraction of sp³-hybridized carbons (Fsp3) is 0.440. The third-order valence-corrected chi connectivity index (χ3v) is 7.18. The van der Waals surface area contributed by atoms with Crippen molar-refractivity contribution in [3.63, 3.8) is 0 Å². The highest BCUT2D eigenvalue weighted by atomic mass is 16.2. The molecule has 2 saturated heterocycles. The van der Waals surface area contributed by atoms with E-state index in [0.717, 1.165) is 28.9 Å². The van der Waals surface area contributed by atoms with Crippen LogP contribution in [0.15, 0.2) is 48.5 Å². The molecule has 0 aromatic heterocycles. The second kappa shape index (κ2) is 7.29. The maximum atomic E-state index is 12.4. The van der Waals surface area contributed by atoms with E-state index in [1.807, 2.05) is 58.3 Å². The average Bonchev–Trinajstić information content (AvgIpc) is 3.43. The van der Waals surface area contributed by atoms with Crippen LogP contribution in [0.1, 0.15) is 52.7 Å². The van der Waals surface area contributed by atoms with Gasteiger partial charge in [0.25, 0.3) is 0 Å². The molecule has 0 radical (unpaired) electrons. The highest BCUT2D eigenvalue weighted by molar-refractivity contribution is 5.93. The first kappa shape index (κ1) is 21.2. The number of hydrogen-bond acceptors (Lipinski definition) is 2. The number of urea groups is 2. The molecule has 0 saturated carbocycles. The zero-order valence-electron chi connectivity index (χ0n) is 19.2. The van der Waals surface area contributed by atoms with Crippen molar-refractivity contribution in [1.82, 2.24) is 9.80 Å². The fourth-order valence-electron chi connectivity index (χ4n) is 4.26. The lowest BCUT2D eigenvalue weighted by atomic mass is 10.0. The van der Waals surface area contributed by atoms with Gasteiger partial charge in [-0.25, -0.2) is 9.59 Å². The van der Waals surface area contributed by atoms with Gasteiger partial charge in [0.2, 0.25) is 0 Å². The molecule has 4 amide bonds. The zero-order valence-corrected chi connectivity index (χ0v) is 19.2. The van der Waals surface area contributed by atoms with Gasteiger partial charge in [-0.3, -0.25) is 0 Å². The minimum absolute atomic E-state index is 0.0526. The monoisotopic (exact) mass is 420 g/mol. The average molecular weight is 421 g/mol. The summed E-state index contributed by atoms with van der Waals surface area (Å²) in [6.45, 7) is 12.4. The van der Waals surface area contributed by atoms with Gasteiger partial charge in [-0.1, -0.05) is 24.3 Å². The SMILES string of the molecule is C[C@@H]1N(C(=O)Nc2ccc(Cc3ccc(NC(=O)N4[C@@H](C)C4(C)C)cc3)cc2)C1(C)C. The summed E-state index contributed by atoms with van der Waals surface area (Å²) in [6, 6.07) is 16.3. The van der Waals surface area contributed by atoms with Crippen molar-refractivity contribution in [2.24, 2.45) is 0 Å². The van der Waals surface area contributed by atoms with Crippen molar-refractivity contribution in [1.29, 1.82) is 0 Å². The van der Waals surface area contributed by atoms with Crippen LogP contribution in [0, 0.1) is 0 Å². The number of rotatable bonds is 4. The predicted molar refractivity (Wildman–Crippen MR) is 124 cm³/mol. The van der Waals surface area contributed by atoms with Gasteiger partial charge in [0.1, 0.15) is 0 Å². The van der Waals surface area contributed by atoms with E-state index in [0.29, 0.717) is 0 Å². The number of amides is 4. The lowest BCUT2D eigenvalue weighted by molar-refractivity contribution is 0.234. The summed E-state index contributed by atoms with van der Waals surface area (Å²) >= 11 is 0. The zero-order chi connectivity index (χ0) is 22.6. The molecule has 2 aliphatic heterocycles. The van der Waals surface area contributed by atoms with Crippen molar-refractivity contribution in [2.45, 2.75) is 71.1 Å². The Hall–Kier alpha value is -3.02. The molecule has 0 unspecified atom stereocenters. The molecule has 2 fully saturated rings. The van der Waals surface area contributed by atoms with Crippen LogP contribution in [-0.2, 0) is 6.42 Å². The summed E-state index contributed by atoms with van der Waals surface area (Å²) in [5.41, 5.74) is 3.79. The maximum absolute atomic E-state index is 12.4. The van der Waals surface area contributed by atoms with Crippen LogP contribution in [0.2, 0.25) is 0 Å². The molecule has 0 aliphatic carbocycles. The van der Waals surface area contributed by atoms with E-state index in [1.54, 1.807) is 0 Å². The molecule has 2 aromatic carbocycles. The molecule has 164 valence electrons. The number of anilines is 2. The van der Waals surface area contributed by atoms with Crippen molar-refractivity contribution in [3.8, 4) is 0 Å². The minimum atomic E-state index is -0.0693. The summed E-state index contributed by atoms with van der Waals surface area (Å²) in [5.74, 6) is 0. The molecule has 2 aliphatic rings. The summed E-state index contributed by atoms with van der Waals surface area (Å²) in [4.78, 5) is 28.4. The Kier molecular flexibility index (Phi) is 4.99. The predicted octanol–water partition coefficient (Wildman–Crippen LogP) is 5.31. The molecule has 6 heteroatoms. The quantitative estimate of drug-likeness (QED) is 0.659. The molecular formula is C25H32N4O2. The van der Waals surface area contributed by atoms with E-state index < -0.39 is 0 Å².